The normalized spacial score (nSPS) is 21.5. The van der Waals surface area contributed by atoms with E-state index < -0.39 is 56.5 Å². The Kier molecular flexibility index (Phi) is 9.32. The highest BCUT2D eigenvalue weighted by molar-refractivity contribution is 7.34. The van der Waals surface area contributed by atoms with Gasteiger partial charge in [0.2, 0.25) is 11.5 Å². The molecule has 3 heterocycles. The second-order valence-corrected chi connectivity index (χ2v) is 11.5. The zero-order valence-corrected chi connectivity index (χ0v) is 26.0. The zero-order valence-electron chi connectivity index (χ0n) is 25.1. The van der Waals surface area contributed by atoms with Crippen LogP contribution in [-0.4, -0.2) is 66.3 Å². The maximum Gasteiger partial charge on any atom is 0.395 e. The van der Waals surface area contributed by atoms with Crippen LogP contribution in [0.1, 0.15) is 18.7 Å². The summed E-state index contributed by atoms with van der Waals surface area (Å²) in [5, 5.41) is 26.9. The molecular formula is C30H27N8O9P. The molecule has 48 heavy (non-hydrogen) atoms. The number of azide groups is 1. The van der Waals surface area contributed by atoms with Crippen molar-refractivity contribution in [2.45, 2.75) is 43.7 Å². The molecular weight excluding hydrogens is 647 g/mol. The number of hydrogen-bond donors (Lipinski definition) is 3. The van der Waals surface area contributed by atoms with E-state index in [-0.39, 0.29) is 29.3 Å². The van der Waals surface area contributed by atoms with Crippen molar-refractivity contribution in [1.29, 1.82) is 0 Å². The van der Waals surface area contributed by atoms with Gasteiger partial charge in [0.15, 0.2) is 29.2 Å². The number of benzene rings is 3. The maximum atomic E-state index is 13.1. The van der Waals surface area contributed by atoms with Crippen molar-refractivity contribution in [2.75, 3.05) is 6.61 Å². The predicted octanol–water partition coefficient (Wildman–Crippen LogP) is 2.98. The summed E-state index contributed by atoms with van der Waals surface area (Å²) in [7, 11) is -2.85. The fraction of sp³-hybridized carbons (Fsp3) is 0.267. The zero-order chi connectivity index (χ0) is 33.8. The molecule has 2 aromatic heterocycles. The summed E-state index contributed by atoms with van der Waals surface area (Å²) in [6.45, 7) is 0.780. The number of nitrogens with zero attached hydrogens (tertiary/aromatic N) is 7. The van der Waals surface area contributed by atoms with Gasteiger partial charge in [0.05, 0.1) is 12.7 Å². The lowest BCUT2D eigenvalue weighted by Crippen LogP contribution is -2.46. The molecule has 3 aromatic carbocycles. The molecule has 246 valence electrons. The number of aliphatic hydroxyl groups is 2. The van der Waals surface area contributed by atoms with Crippen molar-refractivity contribution in [1.82, 2.24) is 19.5 Å². The average molecular weight is 675 g/mol. The molecule has 0 radical (unpaired) electrons. The molecule has 0 saturated carbocycles. The van der Waals surface area contributed by atoms with E-state index in [4.69, 9.17) is 18.7 Å². The molecule has 18 heteroatoms. The van der Waals surface area contributed by atoms with Crippen LogP contribution < -0.4 is 19.7 Å². The number of fused-ring (bicyclic) bond motifs is 2. The van der Waals surface area contributed by atoms with E-state index in [0.717, 1.165) is 11.9 Å². The standard InChI is InChI=1S/C30H27N8O9P/c1-17(29(42)44-13-18-7-3-2-4-8-18)35-48(43)47-24-20-10-6-5-9-19(20)11-12-21(24)45-14-30(36-37-31)25(40)23(39)28(46-30)38-16-34-22-26(38)32-15-33-27(22)41/h2-12,15-17,23,25,28,39-40H,13-14H2,1H3,(H,32,33,41)/t17-,23+,25-,28+,30+/m0/s1. The number of aliphatic hydroxyl groups excluding tert-OH is 2. The number of hydrogen-bond acceptors (Lipinski definition) is 13. The van der Waals surface area contributed by atoms with E-state index in [0.29, 0.717) is 10.8 Å². The van der Waals surface area contributed by atoms with Crippen molar-refractivity contribution in [3.05, 3.63) is 106 Å². The molecule has 6 rings (SSSR count). The highest BCUT2D eigenvalue weighted by Gasteiger charge is 2.56. The van der Waals surface area contributed by atoms with Crippen molar-refractivity contribution in [3.63, 3.8) is 0 Å². The Hall–Kier alpha value is -5.41. The molecule has 0 spiro atoms. The first-order valence-corrected chi connectivity index (χ1v) is 15.6. The Morgan fingerprint density at radius 2 is 1.96 bits per heavy atom. The molecule has 17 nitrogen and oxygen atoms in total. The largest absolute Gasteiger partial charge is 0.575 e. The summed E-state index contributed by atoms with van der Waals surface area (Å²) >= 11 is 0. The molecule has 1 aliphatic rings. The molecule has 0 aliphatic carbocycles. The Morgan fingerprint density at radius 3 is 2.75 bits per heavy atom. The molecule has 0 bridgehead atoms. The van der Waals surface area contributed by atoms with Crippen LogP contribution in [-0.2, 0) is 20.9 Å². The van der Waals surface area contributed by atoms with Crippen molar-refractivity contribution >= 4 is 36.1 Å². The number of rotatable bonds is 11. The lowest BCUT2D eigenvalue weighted by molar-refractivity contribution is -0.169. The van der Waals surface area contributed by atoms with Gasteiger partial charge in [-0.15, -0.1) is 0 Å². The number of aromatic amines is 1. The topological polar surface area (TPSA) is 242 Å². The number of aromatic nitrogens is 4. The Labute approximate surface area is 271 Å². The molecule has 1 saturated heterocycles. The molecule has 3 N–H and O–H groups in total. The number of ether oxygens (including phenoxy) is 3. The lowest BCUT2D eigenvalue weighted by atomic mass is 10.1. The second kappa shape index (κ2) is 13.8. The number of imidazole rings is 1. The van der Waals surface area contributed by atoms with Gasteiger partial charge in [0.1, 0.15) is 25.4 Å². The van der Waals surface area contributed by atoms with Crippen molar-refractivity contribution < 1.29 is 38.6 Å². The van der Waals surface area contributed by atoms with E-state index in [2.05, 4.69) is 29.7 Å². The number of nitrogens with one attached hydrogen (secondary N) is 1. The van der Waals surface area contributed by atoms with Crippen LogP contribution in [0.3, 0.4) is 0 Å². The lowest BCUT2D eigenvalue weighted by Gasteiger charge is -2.27. The van der Waals surface area contributed by atoms with Crippen LogP contribution in [0, 0.1) is 0 Å². The molecule has 0 amide bonds. The smallest absolute Gasteiger partial charge is 0.395 e. The van der Waals surface area contributed by atoms with Gasteiger partial charge in [-0.2, -0.15) is 0 Å². The van der Waals surface area contributed by atoms with E-state index in [1.54, 1.807) is 42.5 Å². The minimum absolute atomic E-state index is 0.00547. The van der Waals surface area contributed by atoms with Crippen molar-refractivity contribution in [3.8, 4) is 11.5 Å². The highest BCUT2D eigenvalue weighted by Crippen LogP contribution is 2.43. The van der Waals surface area contributed by atoms with Gasteiger partial charge in [-0.1, -0.05) is 70.5 Å². The summed E-state index contributed by atoms with van der Waals surface area (Å²) in [6, 6.07) is 18.1. The third-order valence-electron chi connectivity index (χ3n) is 7.54. The van der Waals surface area contributed by atoms with E-state index >= 15 is 0 Å². The number of carbonyl (C=O) groups is 1. The van der Waals surface area contributed by atoms with Gasteiger partial charge in [-0.3, -0.25) is 13.9 Å². The first kappa shape index (κ1) is 32.5. The van der Waals surface area contributed by atoms with Crippen LogP contribution >= 0.6 is 8.17 Å². The molecule has 1 unspecified atom stereocenters. The maximum absolute atomic E-state index is 13.1. The minimum atomic E-state index is -2.85. The fourth-order valence-corrected chi connectivity index (χ4v) is 5.87. The minimum Gasteiger partial charge on any atom is -0.575 e. The molecule has 6 atom stereocenters. The van der Waals surface area contributed by atoms with Crippen LogP contribution in [0.4, 0.5) is 0 Å². The Bertz CT molecular complexity index is 2100. The van der Waals surface area contributed by atoms with E-state index in [9.17, 15) is 30.2 Å². The first-order chi connectivity index (χ1) is 23.2. The van der Waals surface area contributed by atoms with Crippen LogP contribution in [0.25, 0.3) is 32.4 Å². The van der Waals surface area contributed by atoms with Gasteiger partial charge in [0.25, 0.3) is 5.56 Å². The van der Waals surface area contributed by atoms with Gasteiger partial charge in [-0.05, 0) is 29.5 Å². The van der Waals surface area contributed by atoms with E-state index in [1.165, 1.54) is 23.9 Å². The Morgan fingerprint density at radius 1 is 1.19 bits per heavy atom. The molecule has 1 aliphatic heterocycles. The fourth-order valence-electron chi connectivity index (χ4n) is 5.10. The third-order valence-corrected chi connectivity index (χ3v) is 8.41. The van der Waals surface area contributed by atoms with Crippen LogP contribution in [0.2, 0.25) is 0 Å². The number of H-pyrrole nitrogens is 1. The highest BCUT2D eigenvalue weighted by atomic mass is 31.1. The van der Waals surface area contributed by atoms with E-state index in [1.807, 2.05) is 18.2 Å². The summed E-state index contributed by atoms with van der Waals surface area (Å²) in [4.78, 5) is 51.1. The summed E-state index contributed by atoms with van der Waals surface area (Å²) in [5.41, 5.74) is 7.45. The number of carbonyl (C=O) groups excluding carboxylic acids is 1. The average Bonchev–Trinajstić information content (AvgIpc) is 3.63. The van der Waals surface area contributed by atoms with Gasteiger partial charge in [-0.25, -0.2) is 14.8 Å². The molecule has 5 aromatic rings. The van der Waals surface area contributed by atoms with Crippen LogP contribution in [0.5, 0.6) is 11.5 Å². The SMILES string of the molecule is C[C@H](N=[P+]([O-])Oc1c(OC[C@@]2(N=[N+]=[N-])O[C@@H](n3cnc4c(=O)[nH]cnc43)[C@H](O)[C@@H]2O)ccc2ccccc12)C(=O)OCc1ccccc1. The third kappa shape index (κ3) is 6.41. The van der Waals surface area contributed by atoms with Gasteiger partial charge >= 0.3 is 14.1 Å². The monoisotopic (exact) mass is 674 g/mol. The quantitative estimate of drug-likeness (QED) is 0.0604. The second-order valence-electron chi connectivity index (χ2n) is 10.7. The Balaban J connectivity index is 1.25. The van der Waals surface area contributed by atoms with Crippen molar-refractivity contribution in [2.24, 2.45) is 9.86 Å². The first-order valence-electron chi connectivity index (χ1n) is 14.4. The number of esters is 1. The molecule has 1 fully saturated rings. The summed E-state index contributed by atoms with van der Waals surface area (Å²) in [6.07, 6.45) is -2.57. The van der Waals surface area contributed by atoms with Crippen LogP contribution in [0.15, 0.2) is 94.0 Å². The van der Waals surface area contributed by atoms with Gasteiger partial charge < -0.3 is 34.3 Å². The summed E-state index contributed by atoms with van der Waals surface area (Å²) < 4.78 is 28.1. The summed E-state index contributed by atoms with van der Waals surface area (Å²) in [5.74, 6) is -0.732. The van der Waals surface area contributed by atoms with Gasteiger partial charge in [0, 0.05) is 10.3 Å². The predicted molar refractivity (Wildman–Crippen MR) is 167 cm³/mol.